The Morgan fingerprint density at radius 1 is 0.900 bits per heavy atom. The second kappa shape index (κ2) is 6.45. The molecular formula is C12H13F6NO. The maximum Gasteiger partial charge on any atom is 0.423 e. The highest BCUT2D eigenvalue weighted by atomic mass is 19.4. The number of alkyl halides is 6. The minimum atomic E-state index is -5.49. The number of rotatable bonds is 5. The molecule has 0 saturated carbocycles. The van der Waals surface area contributed by atoms with Crippen molar-refractivity contribution >= 4 is 0 Å². The Kier molecular flexibility index (Phi) is 5.41. The van der Waals surface area contributed by atoms with Crippen molar-refractivity contribution in [1.29, 1.82) is 0 Å². The molecule has 0 amide bonds. The summed E-state index contributed by atoms with van der Waals surface area (Å²) in [7, 11) is 0. The highest BCUT2D eigenvalue weighted by Crippen LogP contribution is 2.36. The third kappa shape index (κ3) is 5.01. The van der Waals surface area contributed by atoms with Gasteiger partial charge in [0.1, 0.15) is 0 Å². The standard InChI is InChI=1S/C12H13F6NO/c13-11(14,15)10(12(16,17)18)20-7-9-3-1-8(2-4-9)5-6-19/h1-4,10H,5-7,19H2. The fourth-order valence-corrected chi connectivity index (χ4v) is 1.52. The van der Waals surface area contributed by atoms with Gasteiger partial charge < -0.3 is 10.5 Å². The smallest absolute Gasteiger partial charge is 0.356 e. The van der Waals surface area contributed by atoms with E-state index in [9.17, 15) is 26.3 Å². The number of nitrogens with two attached hydrogens (primary N) is 1. The molecule has 1 aromatic rings. The Morgan fingerprint density at radius 3 is 1.75 bits per heavy atom. The summed E-state index contributed by atoms with van der Waals surface area (Å²) in [6, 6.07) is 5.99. The molecule has 0 atom stereocenters. The Bertz CT molecular complexity index is 397. The van der Waals surface area contributed by atoms with Crippen LogP contribution in [-0.2, 0) is 17.8 Å². The molecule has 2 N–H and O–H groups in total. The van der Waals surface area contributed by atoms with Crippen LogP contribution in [0.4, 0.5) is 26.3 Å². The summed E-state index contributed by atoms with van der Waals surface area (Å²) < 4.78 is 77.3. The fourth-order valence-electron chi connectivity index (χ4n) is 1.52. The van der Waals surface area contributed by atoms with Crippen molar-refractivity contribution in [3.05, 3.63) is 35.4 Å². The predicted molar refractivity (Wildman–Crippen MR) is 59.9 cm³/mol. The van der Waals surface area contributed by atoms with Crippen LogP contribution >= 0.6 is 0 Å². The van der Waals surface area contributed by atoms with E-state index < -0.39 is 25.1 Å². The van der Waals surface area contributed by atoms with Gasteiger partial charge in [-0.15, -0.1) is 0 Å². The minimum absolute atomic E-state index is 0.226. The number of hydrogen-bond acceptors (Lipinski definition) is 2. The molecular weight excluding hydrogens is 288 g/mol. The molecule has 1 rings (SSSR count). The lowest BCUT2D eigenvalue weighted by atomic mass is 10.1. The van der Waals surface area contributed by atoms with Crippen molar-refractivity contribution in [1.82, 2.24) is 0 Å². The zero-order valence-corrected chi connectivity index (χ0v) is 10.3. The lowest BCUT2D eigenvalue weighted by Gasteiger charge is -2.23. The highest BCUT2D eigenvalue weighted by Gasteiger charge is 2.57. The molecule has 2 nitrogen and oxygen atoms in total. The Morgan fingerprint density at radius 2 is 1.35 bits per heavy atom. The molecule has 0 saturated heterocycles. The second-order valence-electron chi connectivity index (χ2n) is 4.13. The molecule has 0 aliphatic carbocycles. The topological polar surface area (TPSA) is 35.2 Å². The van der Waals surface area contributed by atoms with E-state index in [0.717, 1.165) is 5.56 Å². The molecule has 8 heteroatoms. The average molecular weight is 301 g/mol. The van der Waals surface area contributed by atoms with E-state index in [4.69, 9.17) is 5.73 Å². The third-order valence-corrected chi connectivity index (χ3v) is 2.47. The van der Waals surface area contributed by atoms with Gasteiger partial charge >= 0.3 is 12.4 Å². The molecule has 0 heterocycles. The lowest BCUT2D eigenvalue weighted by Crippen LogP contribution is -2.44. The lowest BCUT2D eigenvalue weighted by molar-refractivity contribution is -0.324. The zero-order valence-electron chi connectivity index (χ0n) is 10.3. The number of halogens is 6. The molecule has 20 heavy (non-hydrogen) atoms. The van der Waals surface area contributed by atoms with E-state index in [-0.39, 0.29) is 5.56 Å². The van der Waals surface area contributed by atoms with Gasteiger partial charge in [0.05, 0.1) is 6.61 Å². The van der Waals surface area contributed by atoms with Gasteiger partial charge in [0.2, 0.25) is 6.10 Å². The fraction of sp³-hybridized carbons (Fsp3) is 0.500. The Hall–Kier alpha value is -1.28. The first-order chi connectivity index (χ1) is 9.14. The summed E-state index contributed by atoms with van der Waals surface area (Å²) >= 11 is 0. The highest BCUT2D eigenvalue weighted by molar-refractivity contribution is 5.22. The van der Waals surface area contributed by atoms with Gasteiger partial charge in [-0.1, -0.05) is 24.3 Å². The molecule has 0 fully saturated rings. The summed E-state index contributed by atoms with van der Waals surface area (Å²) in [6.45, 7) is -0.368. The summed E-state index contributed by atoms with van der Waals surface area (Å²) in [5, 5.41) is 0. The van der Waals surface area contributed by atoms with Gasteiger partial charge in [-0.2, -0.15) is 26.3 Å². The SMILES string of the molecule is NCCc1ccc(COC(C(F)(F)F)C(F)(F)F)cc1. The monoisotopic (exact) mass is 301 g/mol. The van der Waals surface area contributed by atoms with Crippen LogP contribution in [0.3, 0.4) is 0 Å². The van der Waals surface area contributed by atoms with Crippen LogP contribution in [0, 0.1) is 0 Å². The molecule has 0 radical (unpaired) electrons. The van der Waals surface area contributed by atoms with E-state index in [2.05, 4.69) is 4.74 Å². The molecule has 0 aliphatic rings. The molecule has 0 aromatic heterocycles. The van der Waals surface area contributed by atoms with Crippen LogP contribution < -0.4 is 5.73 Å². The first-order valence-electron chi connectivity index (χ1n) is 5.67. The van der Waals surface area contributed by atoms with Gasteiger partial charge in [-0.05, 0) is 24.1 Å². The predicted octanol–water partition coefficient (Wildman–Crippen LogP) is 3.20. The second-order valence-corrected chi connectivity index (χ2v) is 4.13. The molecule has 1 aromatic carbocycles. The van der Waals surface area contributed by atoms with E-state index in [1.807, 2.05) is 0 Å². The Balaban J connectivity index is 2.68. The van der Waals surface area contributed by atoms with Gasteiger partial charge in [-0.25, -0.2) is 0 Å². The van der Waals surface area contributed by atoms with Crippen molar-refractivity contribution in [2.24, 2.45) is 5.73 Å². The summed E-state index contributed by atoms with van der Waals surface area (Å²) in [6.07, 6.45) is -14.2. The first-order valence-corrected chi connectivity index (χ1v) is 5.67. The van der Waals surface area contributed by atoms with Gasteiger partial charge in [0, 0.05) is 0 Å². The summed E-state index contributed by atoms with van der Waals surface area (Å²) in [5.41, 5.74) is 6.39. The quantitative estimate of drug-likeness (QED) is 0.848. The molecule has 0 spiro atoms. The van der Waals surface area contributed by atoms with Gasteiger partial charge in [0.25, 0.3) is 0 Å². The van der Waals surface area contributed by atoms with Crippen molar-refractivity contribution in [3.8, 4) is 0 Å². The third-order valence-electron chi connectivity index (χ3n) is 2.47. The summed E-state index contributed by atoms with van der Waals surface area (Å²) in [4.78, 5) is 0. The largest absolute Gasteiger partial charge is 0.423 e. The normalized spacial score (nSPS) is 13.0. The van der Waals surface area contributed by atoms with Crippen molar-refractivity contribution in [2.45, 2.75) is 31.5 Å². The number of benzene rings is 1. The first kappa shape index (κ1) is 16.8. The van der Waals surface area contributed by atoms with Crippen LogP contribution in [-0.4, -0.2) is 25.0 Å². The zero-order chi connectivity index (χ0) is 15.4. The minimum Gasteiger partial charge on any atom is -0.356 e. The molecule has 114 valence electrons. The van der Waals surface area contributed by atoms with Crippen molar-refractivity contribution in [3.63, 3.8) is 0 Å². The van der Waals surface area contributed by atoms with Crippen LogP contribution in [0.1, 0.15) is 11.1 Å². The van der Waals surface area contributed by atoms with Gasteiger partial charge in [-0.3, -0.25) is 0 Å². The van der Waals surface area contributed by atoms with E-state index in [1.54, 1.807) is 12.1 Å². The van der Waals surface area contributed by atoms with Crippen LogP contribution in [0.2, 0.25) is 0 Å². The summed E-state index contributed by atoms with van der Waals surface area (Å²) in [5.74, 6) is 0. The maximum absolute atomic E-state index is 12.2. The molecule has 0 bridgehead atoms. The van der Waals surface area contributed by atoms with Crippen LogP contribution in [0.25, 0.3) is 0 Å². The van der Waals surface area contributed by atoms with Crippen LogP contribution in [0.5, 0.6) is 0 Å². The van der Waals surface area contributed by atoms with E-state index in [0.29, 0.717) is 13.0 Å². The van der Waals surface area contributed by atoms with E-state index >= 15 is 0 Å². The van der Waals surface area contributed by atoms with Crippen molar-refractivity contribution in [2.75, 3.05) is 6.54 Å². The molecule has 0 aliphatic heterocycles. The molecule has 0 unspecified atom stereocenters. The van der Waals surface area contributed by atoms with E-state index in [1.165, 1.54) is 12.1 Å². The van der Waals surface area contributed by atoms with Gasteiger partial charge in [0.15, 0.2) is 0 Å². The maximum atomic E-state index is 12.2. The number of ether oxygens (including phenoxy) is 1. The average Bonchev–Trinajstić information content (AvgIpc) is 2.28. The van der Waals surface area contributed by atoms with Crippen LogP contribution in [0.15, 0.2) is 24.3 Å². The number of hydrogen-bond donors (Lipinski definition) is 1. The Labute approximate surface area is 111 Å². The van der Waals surface area contributed by atoms with Crippen molar-refractivity contribution < 1.29 is 31.1 Å².